The number of rotatable bonds is 7. The summed E-state index contributed by atoms with van der Waals surface area (Å²) in [6, 6.07) is 12.7. The molecule has 0 amide bonds. The highest BCUT2D eigenvalue weighted by Gasteiger charge is 2.42. The van der Waals surface area contributed by atoms with Gasteiger partial charge in [-0.1, -0.05) is 30.3 Å². The van der Waals surface area contributed by atoms with Crippen molar-refractivity contribution in [3.8, 4) is 6.07 Å². The van der Waals surface area contributed by atoms with Crippen LogP contribution in [-0.4, -0.2) is 13.2 Å². The second kappa shape index (κ2) is 5.84. The normalized spacial score (nSPS) is 16.4. The number of ether oxygens (including phenoxy) is 1. The zero-order valence-electron chi connectivity index (χ0n) is 10.2. The van der Waals surface area contributed by atoms with Crippen LogP contribution in [0.2, 0.25) is 0 Å². The van der Waals surface area contributed by atoms with Crippen LogP contribution in [0.4, 0.5) is 0 Å². The van der Waals surface area contributed by atoms with Crippen molar-refractivity contribution in [3.63, 3.8) is 0 Å². The molecule has 0 saturated heterocycles. The topological polar surface area (TPSA) is 33.0 Å². The SMILES string of the molecule is N#CCC1(COCCCc2ccccc2)CC1. The van der Waals surface area contributed by atoms with Gasteiger partial charge in [-0.2, -0.15) is 5.26 Å². The van der Waals surface area contributed by atoms with Crippen molar-refractivity contribution in [3.05, 3.63) is 35.9 Å². The van der Waals surface area contributed by atoms with Gasteiger partial charge in [0, 0.05) is 18.4 Å². The molecule has 0 atom stereocenters. The molecule has 1 aliphatic rings. The van der Waals surface area contributed by atoms with Crippen LogP contribution in [0.15, 0.2) is 30.3 Å². The van der Waals surface area contributed by atoms with E-state index in [2.05, 4.69) is 30.3 Å². The van der Waals surface area contributed by atoms with Gasteiger partial charge in [0.15, 0.2) is 0 Å². The van der Waals surface area contributed by atoms with Crippen LogP contribution < -0.4 is 0 Å². The summed E-state index contributed by atoms with van der Waals surface area (Å²) in [7, 11) is 0. The molecule has 0 bridgehead atoms. The molecule has 0 aliphatic heterocycles. The molecule has 1 aromatic carbocycles. The lowest BCUT2D eigenvalue weighted by Crippen LogP contribution is -2.10. The lowest BCUT2D eigenvalue weighted by Gasteiger charge is -2.11. The second-order valence-electron chi connectivity index (χ2n) is 4.98. The van der Waals surface area contributed by atoms with Crippen molar-refractivity contribution in [2.24, 2.45) is 5.41 Å². The first-order valence-electron chi connectivity index (χ1n) is 6.33. The number of nitriles is 1. The van der Waals surface area contributed by atoms with E-state index in [0.29, 0.717) is 6.42 Å². The molecule has 2 rings (SSSR count). The third kappa shape index (κ3) is 3.87. The first-order chi connectivity index (χ1) is 8.35. The molecule has 0 heterocycles. The second-order valence-corrected chi connectivity index (χ2v) is 4.98. The first kappa shape index (κ1) is 12.1. The fraction of sp³-hybridized carbons (Fsp3) is 0.533. The van der Waals surface area contributed by atoms with Gasteiger partial charge in [0.2, 0.25) is 0 Å². The maximum atomic E-state index is 8.69. The molecular formula is C15H19NO. The van der Waals surface area contributed by atoms with Crippen LogP contribution in [0, 0.1) is 16.7 Å². The fourth-order valence-corrected chi connectivity index (χ4v) is 2.03. The molecule has 1 saturated carbocycles. The molecule has 0 N–H and O–H groups in total. The quantitative estimate of drug-likeness (QED) is 0.672. The van der Waals surface area contributed by atoms with Crippen LogP contribution in [0.1, 0.15) is 31.2 Å². The number of benzene rings is 1. The van der Waals surface area contributed by atoms with E-state index >= 15 is 0 Å². The Morgan fingerprint density at radius 2 is 2.00 bits per heavy atom. The number of aryl methyl sites for hydroxylation is 1. The smallest absolute Gasteiger partial charge is 0.0628 e. The molecule has 1 fully saturated rings. The average molecular weight is 229 g/mol. The highest BCUT2D eigenvalue weighted by atomic mass is 16.5. The van der Waals surface area contributed by atoms with E-state index in [9.17, 15) is 0 Å². The summed E-state index contributed by atoms with van der Waals surface area (Å²) in [6.07, 6.45) is 5.13. The Bertz CT molecular complexity index is 376. The number of nitrogens with zero attached hydrogens (tertiary/aromatic N) is 1. The minimum absolute atomic E-state index is 0.224. The Morgan fingerprint density at radius 1 is 1.24 bits per heavy atom. The highest BCUT2D eigenvalue weighted by Crippen LogP contribution is 2.48. The molecule has 0 radical (unpaired) electrons. The molecule has 17 heavy (non-hydrogen) atoms. The Balaban J connectivity index is 1.57. The zero-order valence-corrected chi connectivity index (χ0v) is 10.2. The van der Waals surface area contributed by atoms with Gasteiger partial charge in [0.25, 0.3) is 0 Å². The van der Waals surface area contributed by atoms with E-state index < -0.39 is 0 Å². The Hall–Kier alpha value is -1.33. The van der Waals surface area contributed by atoms with Crippen molar-refractivity contribution < 1.29 is 4.74 Å². The van der Waals surface area contributed by atoms with Gasteiger partial charge < -0.3 is 4.74 Å². The van der Waals surface area contributed by atoms with Crippen molar-refractivity contribution in [2.45, 2.75) is 32.1 Å². The average Bonchev–Trinajstić information content (AvgIpc) is 3.11. The monoisotopic (exact) mass is 229 g/mol. The molecule has 0 unspecified atom stereocenters. The fourth-order valence-electron chi connectivity index (χ4n) is 2.03. The summed E-state index contributed by atoms with van der Waals surface area (Å²) in [6.45, 7) is 1.58. The van der Waals surface area contributed by atoms with Crippen molar-refractivity contribution in [1.29, 1.82) is 5.26 Å². The van der Waals surface area contributed by atoms with E-state index in [1.807, 2.05) is 6.07 Å². The Morgan fingerprint density at radius 3 is 2.65 bits per heavy atom. The van der Waals surface area contributed by atoms with Crippen LogP contribution in [0.25, 0.3) is 0 Å². The van der Waals surface area contributed by atoms with Crippen LogP contribution in [-0.2, 0) is 11.2 Å². The minimum atomic E-state index is 0.224. The van der Waals surface area contributed by atoms with Gasteiger partial charge in [0.05, 0.1) is 12.7 Å². The predicted molar refractivity (Wildman–Crippen MR) is 67.5 cm³/mol. The first-order valence-corrected chi connectivity index (χ1v) is 6.33. The molecule has 2 nitrogen and oxygen atoms in total. The molecule has 0 aromatic heterocycles. The Kier molecular flexibility index (Phi) is 4.17. The minimum Gasteiger partial charge on any atom is -0.381 e. The maximum absolute atomic E-state index is 8.69. The molecule has 90 valence electrons. The van der Waals surface area contributed by atoms with Gasteiger partial charge in [0.1, 0.15) is 0 Å². The van der Waals surface area contributed by atoms with E-state index in [1.54, 1.807) is 0 Å². The van der Waals surface area contributed by atoms with Gasteiger partial charge in [-0.05, 0) is 31.2 Å². The summed E-state index contributed by atoms with van der Waals surface area (Å²) in [5.41, 5.74) is 1.59. The summed E-state index contributed by atoms with van der Waals surface area (Å²) < 4.78 is 5.68. The van der Waals surface area contributed by atoms with E-state index in [4.69, 9.17) is 10.00 Å². The van der Waals surface area contributed by atoms with Crippen LogP contribution in [0.3, 0.4) is 0 Å². The van der Waals surface area contributed by atoms with Gasteiger partial charge in [-0.15, -0.1) is 0 Å². The molecular weight excluding hydrogens is 210 g/mol. The van der Waals surface area contributed by atoms with Crippen molar-refractivity contribution in [2.75, 3.05) is 13.2 Å². The van der Waals surface area contributed by atoms with Crippen molar-refractivity contribution >= 4 is 0 Å². The lowest BCUT2D eigenvalue weighted by atomic mass is 10.1. The van der Waals surface area contributed by atoms with Crippen LogP contribution in [0.5, 0.6) is 0 Å². The van der Waals surface area contributed by atoms with E-state index in [-0.39, 0.29) is 5.41 Å². The molecule has 1 aromatic rings. The predicted octanol–water partition coefficient (Wildman–Crippen LogP) is 3.33. The van der Waals surface area contributed by atoms with Gasteiger partial charge >= 0.3 is 0 Å². The molecule has 1 aliphatic carbocycles. The zero-order chi connectivity index (χ0) is 12.0. The summed E-state index contributed by atoms with van der Waals surface area (Å²) in [5.74, 6) is 0. The standard InChI is InChI=1S/C15H19NO/c16-11-10-15(8-9-15)13-17-12-4-7-14-5-2-1-3-6-14/h1-3,5-6H,4,7-10,12-13H2. The molecule has 2 heteroatoms. The molecule has 0 spiro atoms. The largest absolute Gasteiger partial charge is 0.381 e. The highest BCUT2D eigenvalue weighted by molar-refractivity contribution is 5.14. The summed E-state index contributed by atoms with van der Waals surface area (Å²) >= 11 is 0. The van der Waals surface area contributed by atoms with Gasteiger partial charge in [-0.3, -0.25) is 0 Å². The van der Waals surface area contributed by atoms with E-state index in [0.717, 1.165) is 26.1 Å². The van der Waals surface area contributed by atoms with Crippen molar-refractivity contribution in [1.82, 2.24) is 0 Å². The van der Waals surface area contributed by atoms with Crippen LogP contribution >= 0.6 is 0 Å². The third-order valence-electron chi connectivity index (χ3n) is 3.42. The summed E-state index contributed by atoms with van der Waals surface area (Å²) in [4.78, 5) is 0. The third-order valence-corrected chi connectivity index (χ3v) is 3.42. The Labute approximate surface area is 103 Å². The lowest BCUT2D eigenvalue weighted by molar-refractivity contribution is 0.0900. The summed E-state index contributed by atoms with van der Waals surface area (Å²) in [5, 5.41) is 8.69. The maximum Gasteiger partial charge on any atom is 0.0628 e. The van der Waals surface area contributed by atoms with Gasteiger partial charge in [-0.25, -0.2) is 0 Å². The number of hydrogen-bond acceptors (Lipinski definition) is 2. The number of hydrogen-bond donors (Lipinski definition) is 0. The van der Waals surface area contributed by atoms with E-state index in [1.165, 1.54) is 18.4 Å².